The van der Waals surface area contributed by atoms with Gasteiger partial charge in [-0.25, -0.2) is 0 Å². The van der Waals surface area contributed by atoms with Crippen molar-refractivity contribution in [1.29, 1.82) is 0 Å². The third-order valence-corrected chi connectivity index (χ3v) is 3.23. The summed E-state index contributed by atoms with van der Waals surface area (Å²) >= 11 is 1.74. The molecule has 0 aliphatic rings. The van der Waals surface area contributed by atoms with Crippen molar-refractivity contribution in [3.63, 3.8) is 0 Å². The minimum atomic E-state index is 0.325. The maximum absolute atomic E-state index is 9.31. The van der Waals surface area contributed by atoms with Crippen LogP contribution in [-0.4, -0.2) is 20.6 Å². The highest BCUT2D eigenvalue weighted by Gasteiger charge is 1.98. The lowest BCUT2D eigenvalue weighted by Gasteiger charge is -2.00. The standard InChI is InChI=1S/C12H14N2OS/c1-14-9-10(8-13-14)5-6-16-12-4-2-3-11(15)7-12/h2-4,7-9,15H,5-6H2,1H3. The molecule has 0 atom stereocenters. The van der Waals surface area contributed by atoms with Crippen LogP contribution in [0.2, 0.25) is 0 Å². The SMILES string of the molecule is Cn1cc(CCSc2cccc(O)c2)cn1. The smallest absolute Gasteiger partial charge is 0.116 e. The van der Waals surface area contributed by atoms with E-state index in [9.17, 15) is 5.11 Å². The summed E-state index contributed by atoms with van der Waals surface area (Å²) in [5.74, 6) is 1.32. The summed E-state index contributed by atoms with van der Waals surface area (Å²) in [6, 6.07) is 7.34. The van der Waals surface area contributed by atoms with Gasteiger partial charge in [0.1, 0.15) is 5.75 Å². The molecule has 3 nitrogen and oxygen atoms in total. The highest BCUT2D eigenvalue weighted by Crippen LogP contribution is 2.22. The van der Waals surface area contributed by atoms with Gasteiger partial charge < -0.3 is 5.11 Å². The molecule has 0 unspecified atom stereocenters. The average Bonchev–Trinajstić information content (AvgIpc) is 2.64. The van der Waals surface area contributed by atoms with Gasteiger partial charge in [0.15, 0.2) is 0 Å². The van der Waals surface area contributed by atoms with Gasteiger partial charge in [-0.15, -0.1) is 11.8 Å². The van der Waals surface area contributed by atoms with Crippen LogP contribution in [0.15, 0.2) is 41.6 Å². The van der Waals surface area contributed by atoms with Crippen LogP contribution in [-0.2, 0) is 13.5 Å². The van der Waals surface area contributed by atoms with E-state index in [1.807, 2.05) is 36.3 Å². The van der Waals surface area contributed by atoms with Crippen molar-refractivity contribution in [3.8, 4) is 5.75 Å². The van der Waals surface area contributed by atoms with Gasteiger partial charge in [0.25, 0.3) is 0 Å². The maximum Gasteiger partial charge on any atom is 0.116 e. The molecule has 0 saturated carbocycles. The number of hydrogen-bond donors (Lipinski definition) is 1. The summed E-state index contributed by atoms with van der Waals surface area (Å²) in [5, 5.41) is 13.4. The van der Waals surface area contributed by atoms with Gasteiger partial charge >= 0.3 is 0 Å². The monoisotopic (exact) mass is 234 g/mol. The molecule has 0 aliphatic heterocycles. The Morgan fingerprint density at radius 3 is 3.00 bits per heavy atom. The second kappa shape index (κ2) is 5.07. The summed E-state index contributed by atoms with van der Waals surface area (Å²) in [4.78, 5) is 1.10. The van der Waals surface area contributed by atoms with E-state index in [2.05, 4.69) is 5.10 Å². The zero-order chi connectivity index (χ0) is 11.4. The Bertz CT molecular complexity index is 468. The topological polar surface area (TPSA) is 38.0 Å². The zero-order valence-electron chi connectivity index (χ0n) is 9.13. The van der Waals surface area contributed by atoms with E-state index in [-0.39, 0.29) is 0 Å². The third-order valence-electron chi connectivity index (χ3n) is 2.24. The number of rotatable bonds is 4. The van der Waals surface area contributed by atoms with Crippen molar-refractivity contribution in [2.24, 2.45) is 7.05 Å². The summed E-state index contributed by atoms with van der Waals surface area (Å²) in [5.41, 5.74) is 1.25. The zero-order valence-corrected chi connectivity index (χ0v) is 9.94. The van der Waals surface area contributed by atoms with E-state index in [1.165, 1.54) is 5.56 Å². The van der Waals surface area contributed by atoms with Crippen LogP contribution in [0.3, 0.4) is 0 Å². The largest absolute Gasteiger partial charge is 0.508 e. The molecule has 4 heteroatoms. The second-order valence-electron chi connectivity index (χ2n) is 3.62. The lowest BCUT2D eigenvalue weighted by atomic mass is 10.3. The number of aromatic nitrogens is 2. The van der Waals surface area contributed by atoms with Crippen LogP contribution in [0, 0.1) is 0 Å². The molecule has 1 aromatic heterocycles. The van der Waals surface area contributed by atoms with Crippen LogP contribution in [0.25, 0.3) is 0 Å². The molecule has 0 bridgehead atoms. The third kappa shape index (κ3) is 3.03. The highest BCUT2D eigenvalue weighted by molar-refractivity contribution is 7.99. The fraction of sp³-hybridized carbons (Fsp3) is 0.250. The minimum Gasteiger partial charge on any atom is -0.508 e. The molecule has 0 fully saturated rings. The first kappa shape index (κ1) is 11.1. The Labute approximate surface area is 99.1 Å². The van der Waals surface area contributed by atoms with E-state index < -0.39 is 0 Å². The average molecular weight is 234 g/mol. The molecule has 16 heavy (non-hydrogen) atoms. The number of phenols is 1. The van der Waals surface area contributed by atoms with Crippen molar-refractivity contribution >= 4 is 11.8 Å². The van der Waals surface area contributed by atoms with Crippen LogP contribution < -0.4 is 0 Å². The molecule has 0 spiro atoms. The Morgan fingerprint density at radius 1 is 1.44 bits per heavy atom. The van der Waals surface area contributed by atoms with Crippen molar-refractivity contribution in [1.82, 2.24) is 9.78 Å². The fourth-order valence-corrected chi connectivity index (χ4v) is 2.41. The number of nitrogens with zero attached hydrogens (tertiary/aromatic N) is 2. The Morgan fingerprint density at radius 2 is 2.31 bits per heavy atom. The van der Waals surface area contributed by atoms with Crippen molar-refractivity contribution in [3.05, 3.63) is 42.2 Å². The molecule has 84 valence electrons. The minimum absolute atomic E-state index is 0.325. The van der Waals surface area contributed by atoms with Crippen molar-refractivity contribution in [2.75, 3.05) is 5.75 Å². The number of aromatic hydroxyl groups is 1. The van der Waals surface area contributed by atoms with Crippen molar-refractivity contribution < 1.29 is 5.11 Å². The molecular weight excluding hydrogens is 220 g/mol. The number of phenolic OH excluding ortho intramolecular Hbond substituents is 1. The quantitative estimate of drug-likeness (QED) is 0.826. The van der Waals surface area contributed by atoms with E-state index >= 15 is 0 Å². The van der Waals surface area contributed by atoms with E-state index in [4.69, 9.17) is 0 Å². The number of thioether (sulfide) groups is 1. The lowest BCUT2D eigenvalue weighted by molar-refractivity contribution is 0.474. The molecule has 1 heterocycles. The number of aryl methyl sites for hydroxylation is 2. The molecule has 1 N–H and O–H groups in total. The first-order chi connectivity index (χ1) is 7.74. The predicted molar refractivity (Wildman–Crippen MR) is 65.7 cm³/mol. The normalized spacial score (nSPS) is 10.6. The van der Waals surface area contributed by atoms with Gasteiger partial charge in [-0.2, -0.15) is 5.10 Å². The molecule has 2 aromatic rings. The molecule has 1 aromatic carbocycles. The molecule has 0 radical (unpaired) electrons. The molecule has 0 aliphatic carbocycles. The predicted octanol–water partition coefficient (Wildman–Crippen LogP) is 2.46. The molecule has 0 saturated heterocycles. The summed E-state index contributed by atoms with van der Waals surface area (Å²) in [6.45, 7) is 0. The van der Waals surface area contributed by atoms with Gasteiger partial charge in [0, 0.05) is 23.9 Å². The number of benzene rings is 1. The van der Waals surface area contributed by atoms with Crippen LogP contribution in [0.4, 0.5) is 0 Å². The summed E-state index contributed by atoms with van der Waals surface area (Å²) < 4.78 is 1.81. The Kier molecular flexibility index (Phi) is 3.51. The maximum atomic E-state index is 9.31. The van der Waals surface area contributed by atoms with Crippen LogP contribution >= 0.6 is 11.8 Å². The first-order valence-corrected chi connectivity index (χ1v) is 6.12. The Hall–Kier alpha value is -1.42. The number of hydrogen-bond acceptors (Lipinski definition) is 3. The van der Waals surface area contributed by atoms with E-state index in [1.54, 1.807) is 23.9 Å². The summed E-state index contributed by atoms with van der Waals surface area (Å²) in [7, 11) is 1.92. The molecule has 2 rings (SSSR count). The van der Waals surface area contributed by atoms with Gasteiger partial charge in [-0.1, -0.05) is 6.07 Å². The van der Waals surface area contributed by atoms with Gasteiger partial charge in [0.05, 0.1) is 6.20 Å². The lowest BCUT2D eigenvalue weighted by Crippen LogP contribution is -1.87. The van der Waals surface area contributed by atoms with Gasteiger partial charge in [-0.3, -0.25) is 4.68 Å². The van der Waals surface area contributed by atoms with Crippen LogP contribution in [0.1, 0.15) is 5.56 Å². The molecule has 0 amide bonds. The van der Waals surface area contributed by atoms with E-state index in [0.717, 1.165) is 17.1 Å². The van der Waals surface area contributed by atoms with E-state index in [0.29, 0.717) is 5.75 Å². The van der Waals surface area contributed by atoms with Gasteiger partial charge in [0.2, 0.25) is 0 Å². The van der Waals surface area contributed by atoms with Crippen LogP contribution in [0.5, 0.6) is 5.75 Å². The second-order valence-corrected chi connectivity index (χ2v) is 4.79. The fourth-order valence-electron chi connectivity index (χ4n) is 1.46. The molecular formula is C12H14N2OS. The Balaban J connectivity index is 1.84. The first-order valence-electron chi connectivity index (χ1n) is 5.13. The highest BCUT2D eigenvalue weighted by atomic mass is 32.2. The van der Waals surface area contributed by atoms with Gasteiger partial charge in [-0.05, 0) is 30.2 Å². The van der Waals surface area contributed by atoms with Crippen molar-refractivity contribution in [2.45, 2.75) is 11.3 Å². The summed E-state index contributed by atoms with van der Waals surface area (Å²) in [6.07, 6.45) is 4.92.